The molecule has 0 heterocycles. The van der Waals surface area contributed by atoms with E-state index >= 15 is 0 Å². The molecule has 4 heteroatoms. The highest BCUT2D eigenvalue weighted by Crippen LogP contribution is 2.46. The lowest BCUT2D eigenvalue weighted by Gasteiger charge is -2.18. The molecule has 2 rings (SSSR count). The summed E-state index contributed by atoms with van der Waals surface area (Å²) >= 11 is 0. The lowest BCUT2D eigenvalue weighted by molar-refractivity contribution is -0.165. The summed E-state index contributed by atoms with van der Waals surface area (Å²) in [5.41, 5.74) is 0.150. The van der Waals surface area contributed by atoms with Crippen LogP contribution in [0.15, 0.2) is 30.3 Å². The van der Waals surface area contributed by atoms with E-state index in [0.29, 0.717) is 12.8 Å². The number of carbonyl (C=O) groups excluding carboxylic acids is 1. The maximum atomic E-state index is 12.7. The molecule has 1 fully saturated rings. The Kier molecular flexibility index (Phi) is 2.74. The smallest absolute Gasteiger partial charge is 0.293 e. The number of hydrogen-bond acceptors (Lipinski definition) is 1. The summed E-state index contributed by atoms with van der Waals surface area (Å²) < 4.78 is 38.2. The quantitative estimate of drug-likeness (QED) is 0.724. The van der Waals surface area contributed by atoms with Crippen molar-refractivity contribution >= 4 is 5.78 Å². The van der Waals surface area contributed by atoms with Crippen molar-refractivity contribution in [3.8, 4) is 0 Å². The Morgan fingerprint density at radius 2 is 1.75 bits per heavy atom. The summed E-state index contributed by atoms with van der Waals surface area (Å²) in [6.45, 7) is 0. The number of hydrogen-bond donors (Lipinski definition) is 0. The molecule has 0 spiro atoms. The van der Waals surface area contributed by atoms with Gasteiger partial charge in [-0.3, -0.25) is 4.79 Å². The van der Waals surface area contributed by atoms with Crippen molar-refractivity contribution in [2.24, 2.45) is 11.8 Å². The van der Waals surface area contributed by atoms with Crippen LogP contribution in [0.4, 0.5) is 13.2 Å². The number of rotatable bonds is 3. The van der Waals surface area contributed by atoms with Gasteiger partial charge in [0.2, 0.25) is 0 Å². The first-order chi connectivity index (χ1) is 7.50. The van der Waals surface area contributed by atoms with Gasteiger partial charge in [0.25, 0.3) is 0 Å². The fourth-order valence-corrected chi connectivity index (χ4v) is 1.84. The Morgan fingerprint density at radius 3 is 2.19 bits per heavy atom. The maximum Gasteiger partial charge on any atom is 0.399 e. The first-order valence-corrected chi connectivity index (χ1v) is 5.16. The van der Waals surface area contributed by atoms with E-state index in [2.05, 4.69) is 0 Å². The van der Waals surface area contributed by atoms with Gasteiger partial charge in [-0.25, -0.2) is 0 Å². The Bertz CT molecular complexity index is 379. The van der Waals surface area contributed by atoms with Gasteiger partial charge in [-0.1, -0.05) is 30.3 Å². The Hall–Kier alpha value is -1.32. The van der Waals surface area contributed by atoms with E-state index < -0.39 is 23.8 Å². The van der Waals surface area contributed by atoms with Crippen LogP contribution in [0.25, 0.3) is 0 Å². The third kappa shape index (κ3) is 2.26. The van der Waals surface area contributed by atoms with Crippen LogP contribution in [-0.4, -0.2) is 12.0 Å². The molecule has 1 aromatic rings. The molecule has 1 saturated carbocycles. The minimum absolute atomic E-state index is 0.150. The van der Waals surface area contributed by atoms with E-state index in [-0.39, 0.29) is 5.56 Å². The van der Waals surface area contributed by atoms with Crippen LogP contribution in [0.5, 0.6) is 0 Å². The van der Waals surface area contributed by atoms with E-state index in [1.165, 1.54) is 12.1 Å². The first kappa shape index (κ1) is 11.2. The predicted molar refractivity (Wildman–Crippen MR) is 53.0 cm³/mol. The molecule has 1 aliphatic carbocycles. The normalized spacial score (nSPS) is 18.2. The van der Waals surface area contributed by atoms with Gasteiger partial charge in [0.15, 0.2) is 5.78 Å². The third-order valence-electron chi connectivity index (χ3n) is 2.79. The van der Waals surface area contributed by atoms with Crippen LogP contribution in [-0.2, 0) is 0 Å². The molecule has 0 amide bonds. The molecule has 1 aromatic carbocycles. The molecule has 0 aromatic heterocycles. The van der Waals surface area contributed by atoms with Gasteiger partial charge in [-0.2, -0.15) is 13.2 Å². The summed E-state index contributed by atoms with van der Waals surface area (Å²) in [7, 11) is 0. The lowest BCUT2D eigenvalue weighted by atomic mass is 9.93. The fourth-order valence-electron chi connectivity index (χ4n) is 1.84. The van der Waals surface area contributed by atoms with Gasteiger partial charge in [0.1, 0.15) is 5.92 Å². The number of alkyl halides is 3. The van der Waals surface area contributed by atoms with Crippen molar-refractivity contribution in [2.45, 2.75) is 19.0 Å². The molecular weight excluding hydrogens is 217 g/mol. The van der Waals surface area contributed by atoms with Gasteiger partial charge in [-0.05, 0) is 18.8 Å². The topological polar surface area (TPSA) is 17.1 Å². The number of carbonyl (C=O) groups is 1. The standard InChI is InChI=1S/C12H11F3O/c13-12(14,15)10(8-6-7-8)11(16)9-4-2-1-3-5-9/h1-5,8,10H,6-7H2. The van der Waals surface area contributed by atoms with E-state index in [1.54, 1.807) is 18.2 Å². The molecule has 0 saturated heterocycles. The van der Waals surface area contributed by atoms with Crippen molar-refractivity contribution in [3.63, 3.8) is 0 Å². The van der Waals surface area contributed by atoms with Gasteiger partial charge in [0, 0.05) is 5.56 Å². The van der Waals surface area contributed by atoms with Gasteiger partial charge in [-0.15, -0.1) is 0 Å². The summed E-state index contributed by atoms with van der Waals surface area (Å²) in [5.74, 6) is -3.11. The van der Waals surface area contributed by atoms with E-state index in [0.717, 1.165) is 0 Å². The monoisotopic (exact) mass is 228 g/mol. The summed E-state index contributed by atoms with van der Waals surface area (Å²) in [6.07, 6.45) is -3.42. The van der Waals surface area contributed by atoms with Gasteiger partial charge < -0.3 is 0 Å². The average molecular weight is 228 g/mol. The Balaban J connectivity index is 2.25. The molecule has 1 atom stereocenters. The van der Waals surface area contributed by atoms with Crippen molar-refractivity contribution < 1.29 is 18.0 Å². The van der Waals surface area contributed by atoms with Crippen LogP contribution >= 0.6 is 0 Å². The number of halogens is 3. The Labute approximate surface area is 91.3 Å². The highest BCUT2D eigenvalue weighted by Gasteiger charge is 2.52. The number of Topliss-reactive ketones (excluding diaryl/α,β-unsaturated/α-hetero) is 1. The Morgan fingerprint density at radius 1 is 1.19 bits per heavy atom. The largest absolute Gasteiger partial charge is 0.399 e. The number of ketones is 1. The SMILES string of the molecule is O=C(c1ccccc1)C(C1CC1)C(F)(F)F. The molecule has 16 heavy (non-hydrogen) atoms. The number of benzene rings is 1. The van der Waals surface area contributed by atoms with E-state index in [1.807, 2.05) is 0 Å². The minimum atomic E-state index is -4.42. The fraction of sp³-hybridized carbons (Fsp3) is 0.417. The second-order valence-corrected chi connectivity index (χ2v) is 4.09. The molecule has 0 N–H and O–H groups in total. The second-order valence-electron chi connectivity index (χ2n) is 4.09. The van der Waals surface area contributed by atoms with E-state index in [4.69, 9.17) is 0 Å². The molecule has 0 aliphatic heterocycles. The van der Waals surface area contributed by atoms with Crippen molar-refractivity contribution in [2.75, 3.05) is 0 Å². The first-order valence-electron chi connectivity index (χ1n) is 5.16. The summed E-state index contributed by atoms with van der Waals surface area (Å²) in [5, 5.41) is 0. The minimum Gasteiger partial charge on any atom is -0.293 e. The highest BCUT2D eigenvalue weighted by molar-refractivity contribution is 5.98. The molecule has 1 aliphatic rings. The van der Waals surface area contributed by atoms with Crippen molar-refractivity contribution in [1.82, 2.24) is 0 Å². The summed E-state index contributed by atoms with van der Waals surface area (Å²) in [4.78, 5) is 11.8. The second kappa shape index (κ2) is 3.92. The molecule has 1 nitrogen and oxygen atoms in total. The van der Waals surface area contributed by atoms with Crippen molar-refractivity contribution in [1.29, 1.82) is 0 Å². The molecule has 0 radical (unpaired) electrons. The third-order valence-corrected chi connectivity index (χ3v) is 2.79. The lowest BCUT2D eigenvalue weighted by Crippen LogP contribution is -2.32. The predicted octanol–water partition coefficient (Wildman–Crippen LogP) is 3.46. The van der Waals surface area contributed by atoms with E-state index in [9.17, 15) is 18.0 Å². The van der Waals surface area contributed by atoms with Crippen LogP contribution in [0.2, 0.25) is 0 Å². The zero-order valence-corrected chi connectivity index (χ0v) is 8.50. The van der Waals surface area contributed by atoms with Crippen LogP contribution in [0, 0.1) is 11.8 Å². The summed E-state index contributed by atoms with van der Waals surface area (Å²) in [6, 6.07) is 7.70. The molecule has 1 unspecified atom stereocenters. The van der Waals surface area contributed by atoms with Crippen LogP contribution < -0.4 is 0 Å². The molecular formula is C12H11F3O. The maximum absolute atomic E-state index is 12.7. The van der Waals surface area contributed by atoms with Crippen LogP contribution in [0.1, 0.15) is 23.2 Å². The van der Waals surface area contributed by atoms with Crippen LogP contribution in [0.3, 0.4) is 0 Å². The van der Waals surface area contributed by atoms with Crippen molar-refractivity contribution in [3.05, 3.63) is 35.9 Å². The highest BCUT2D eigenvalue weighted by atomic mass is 19.4. The van der Waals surface area contributed by atoms with Gasteiger partial charge >= 0.3 is 6.18 Å². The van der Waals surface area contributed by atoms with Gasteiger partial charge in [0.05, 0.1) is 0 Å². The molecule has 0 bridgehead atoms. The average Bonchev–Trinajstić information content (AvgIpc) is 3.01. The zero-order chi connectivity index (χ0) is 11.8. The molecule has 86 valence electrons. The zero-order valence-electron chi connectivity index (χ0n) is 8.50.